The minimum absolute atomic E-state index is 0.0613. The van der Waals surface area contributed by atoms with Gasteiger partial charge in [-0.05, 0) is 48.2 Å². The lowest BCUT2D eigenvalue weighted by Crippen LogP contribution is -2.42. The molecule has 0 spiro atoms. The summed E-state index contributed by atoms with van der Waals surface area (Å²) in [4.78, 5) is 19.2. The molecule has 2 atom stereocenters. The van der Waals surface area contributed by atoms with Crippen molar-refractivity contribution in [2.45, 2.75) is 35.2 Å². The third-order valence-electron chi connectivity index (χ3n) is 4.34. The molecule has 2 heterocycles. The van der Waals surface area contributed by atoms with E-state index in [1.165, 1.54) is 16.4 Å². The number of benzene rings is 1. The summed E-state index contributed by atoms with van der Waals surface area (Å²) in [5.41, 5.74) is -0.272. The standard InChI is InChI=1S/C17H20N4O4S2/c1-12-8-13(2)11-20(10-12)27(24,25)14-4-5-16(15(9-14)21(22)23)26-17-18-6-3-7-19-17/h3-7,9,12-13H,8,10-11H2,1-2H3/t12-,13-/m1/s1. The summed E-state index contributed by atoms with van der Waals surface area (Å²) in [7, 11) is -3.79. The Morgan fingerprint density at radius 1 is 1.19 bits per heavy atom. The molecule has 0 N–H and O–H groups in total. The van der Waals surface area contributed by atoms with Gasteiger partial charge in [-0.15, -0.1) is 0 Å². The molecule has 3 rings (SSSR count). The van der Waals surface area contributed by atoms with Gasteiger partial charge in [0.1, 0.15) is 0 Å². The number of hydrogen-bond acceptors (Lipinski definition) is 7. The average Bonchev–Trinajstić information content (AvgIpc) is 2.61. The quantitative estimate of drug-likeness (QED) is 0.425. The first-order valence-corrected chi connectivity index (χ1v) is 10.8. The number of nitro groups is 1. The van der Waals surface area contributed by atoms with Crippen LogP contribution in [0.2, 0.25) is 0 Å². The predicted molar refractivity (Wildman–Crippen MR) is 101 cm³/mol. The van der Waals surface area contributed by atoms with E-state index in [4.69, 9.17) is 0 Å². The van der Waals surface area contributed by atoms with Crippen molar-refractivity contribution in [1.29, 1.82) is 0 Å². The minimum atomic E-state index is -3.79. The summed E-state index contributed by atoms with van der Waals surface area (Å²) < 4.78 is 27.4. The van der Waals surface area contributed by atoms with Crippen molar-refractivity contribution in [2.24, 2.45) is 11.8 Å². The Balaban J connectivity index is 1.94. The van der Waals surface area contributed by atoms with Gasteiger partial charge < -0.3 is 0 Å². The van der Waals surface area contributed by atoms with Crippen molar-refractivity contribution in [1.82, 2.24) is 14.3 Å². The van der Waals surface area contributed by atoms with Crippen LogP contribution in [0.3, 0.4) is 0 Å². The Kier molecular flexibility index (Phi) is 5.78. The maximum atomic E-state index is 13.0. The zero-order chi connectivity index (χ0) is 19.6. The summed E-state index contributed by atoms with van der Waals surface area (Å²) in [6, 6.07) is 5.64. The summed E-state index contributed by atoms with van der Waals surface area (Å²) >= 11 is 1.03. The number of sulfonamides is 1. The molecule has 1 aliphatic rings. The van der Waals surface area contributed by atoms with Crippen molar-refractivity contribution in [3.05, 3.63) is 46.8 Å². The van der Waals surface area contributed by atoms with Gasteiger partial charge >= 0.3 is 0 Å². The normalized spacial score (nSPS) is 21.1. The second-order valence-electron chi connectivity index (χ2n) is 6.79. The van der Waals surface area contributed by atoms with E-state index in [9.17, 15) is 18.5 Å². The summed E-state index contributed by atoms with van der Waals surface area (Å²) in [6.07, 6.45) is 4.05. The van der Waals surface area contributed by atoms with Gasteiger partial charge in [0.2, 0.25) is 10.0 Å². The maximum Gasteiger partial charge on any atom is 0.284 e. The van der Waals surface area contributed by atoms with E-state index >= 15 is 0 Å². The largest absolute Gasteiger partial charge is 0.284 e. The highest BCUT2D eigenvalue weighted by Crippen LogP contribution is 2.36. The van der Waals surface area contributed by atoms with E-state index in [2.05, 4.69) is 9.97 Å². The topological polar surface area (TPSA) is 106 Å². The van der Waals surface area contributed by atoms with Crippen LogP contribution in [0, 0.1) is 22.0 Å². The first-order chi connectivity index (χ1) is 12.8. The van der Waals surface area contributed by atoms with Crippen LogP contribution in [-0.4, -0.2) is 40.7 Å². The Morgan fingerprint density at radius 3 is 2.41 bits per heavy atom. The molecule has 1 aromatic carbocycles. The Bertz CT molecular complexity index is 927. The zero-order valence-corrected chi connectivity index (χ0v) is 16.6. The van der Waals surface area contributed by atoms with Crippen molar-refractivity contribution < 1.29 is 13.3 Å². The fourth-order valence-electron chi connectivity index (χ4n) is 3.27. The molecular formula is C17H20N4O4S2. The molecule has 1 aromatic heterocycles. The lowest BCUT2D eigenvalue weighted by atomic mass is 9.94. The Labute approximate surface area is 162 Å². The SMILES string of the molecule is C[C@@H]1C[C@@H](C)CN(S(=O)(=O)c2ccc(Sc3ncccn3)c([N+](=O)[O-])c2)C1. The van der Waals surface area contributed by atoms with E-state index in [1.807, 2.05) is 13.8 Å². The predicted octanol–water partition coefficient (Wildman–Crippen LogP) is 3.20. The molecular weight excluding hydrogens is 388 g/mol. The molecule has 0 unspecified atom stereocenters. The van der Waals surface area contributed by atoms with Gasteiger partial charge in [0, 0.05) is 31.5 Å². The molecule has 0 aliphatic carbocycles. The highest BCUT2D eigenvalue weighted by molar-refractivity contribution is 7.99. The fourth-order valence-corrected chi connectivity index (χ4v) is 5.77. The van der Waals surface area contributed by atoms with Gasteiger partial charge in [-0.1, -0.05) is 13.8 Å². The van der Waals surface area contributed by atoms with Crippen LogP contribution in [-0.2, 0) is 10.0 Å². The van der Waals surface area contributed by atoms with E-state index in [0.717, 1.165) is 24.2 Å². The highest BCUT2D eigenvalue weighted by Gasteiger charge is 2.33. The van der Waals surface area contributed by atoms with Crippen LogP contribution in [0.15, 0.2) is 51.6 Å². The molecule has 1 fully saturated rings. The van der Waals surface area contributed by atoms with E-state index in [1.54, 1.807) is 18.5 Å². The van der Waals surface area contributed by atoms with Gasteiger partial charge in [-0.25, -0.2) is 18.4 Å². The van der Waals surface area contributed by atoms with Crippen molar-refractivity contribution >= 4 is 27.5 Å². The molecule has 27 heavy (non-hydrogen) atoms. The van der Waals surface area contributed by atoms with Crippen LogP contribution in [0.4, 0.5) is 5.69 Å². The molecule has 8 nitrogen and oxygen atoms in total. The summed E-state index contributed by atoms with van der Waals surface area (Å²) in [5, 5.41) is 11.9. The molecule has 1 saturated heterocycles. The molecule has 0 bridgehead atoms. The second-order valence-corrected chi connectivity index (χ2v) is 9.74. The Hall–Kier alpha value is -2.04. The lowest BCUT2D eigenvalue weighted by Gasteiger charge is -2.34. The third-order valence-corrected chi connectivity index (χ3v) is 7.13. The number of piperidine rings is 1. The molecule has 0 saturated carbocycles. The van der Waals surface area contributed by atoms with Crippen LogP contribution in [0.25, 0.3) is 0 Å². The number of rotatable bonds is 5. The smallest absolute Gasteiger partial charge is 0.258 e. The molecule has 1 aliphatic heterocycles. The van der Waals surface area contributed by atoms with Gasteiger partial charge in [0.25, 0.3) is 5.69 Å². The average molecular weight is 409 g/mol. The highest BCUT2D eigenvalue weighted by atomic mass is 32.2. The van der Waals surface area contributed by atoms with Crippen molar-refractivity contribution in [2.75, 3.05) is 13.1 Å². The second kappa shape index (κ2) is 7.91. The first-order valence-electron chi connectivity index (χ1n) is 8.51. The maximum absolute atomic E-state index is 13.0. The first kappa shape index (κ1) is 19.7. The van der Waals surface area contributed by atoms with Gasteiger partial charge in [0.05, 0.1) is 14.7 Å². The molecule has 144 valence electrons. The van der Waals surface area contributed by atoms with Gasteiger partial charge in [-0.3, -0.25) is 10.1 Å². The molecule has 2 aromatic rings. The van der Waals surface area contributed by atoms with E-state index in [0.29, 0.717) is 23.1 Å². The zero-order valence-electron chi connectivity index (χ0n) is 15.0. The van der Waals surface area contributed by atoms with Crippen LogP contribution < -0.4 is 0 Å². The molecule has 10 heteroatoms. The van der Waals surface area contributed by atoms with Crippen molar-refractivity contribution in [3.63, 3.8) is 0 Å². The lowest BCUT2D eigenvalue weighted by molar-refractivity contribution is -0.388. The minimum Gasteiger partial charge on any atom is -0.258 e. The third kappa shape index (κ3) is 4.45. The van der Waals surface area contributed by atoms with Crippen LogP contribution >= 0.6 is 11.8 Å². The van der Waals surface area contributed by atoms with Crippen molar-refractivity contribution in [3.8, 4) is 0 Å². The fraction of sp³-hybridized carbons (Fsp3) is 0.412. The number of hydrogen-bond donors (Lipinski definition) is 0. The van der Waals surface area contributed by atoms with Crippen LogP contribution in [0.5, 0.6) is 0 Å². The van der Waals surface area contributed by atoms with E-state index < -0.39 is 14.9 Å². The van der Waals surface area contributed by atoms with Gasteiger partial charge in [0.15, 0.2) is 5.16 Å². The summed E-state index contributed by atoms with van der Waals surface area (Å²) in [6.45, 7) is 4.88. The van der Waals surface area contributed by atoms with Gasteiger partial charge in [-0.2, -0.15) is 4.31 Å². The Morgan fingerprint density at radius 2 is 1.81 bits per heavy atom. The number of nitro benzene ring substituents is 1. The summed E-state index contributed by atoms with van der Waals surface area (Å²) in [5.74, 6) is 0.507. The monoisotopic (exact) mass is 408 g/mol. The molecule has 0 radical (unpaired) electrons. The molecule has 0 amide bonds. The van der Waals surface area contributed by atoms with E-state index in [-0.39, 0.29) is 22.4 Å². The van der Waals surface area contributed by atoms with Crippen LogP contribution in [0.1, 0.15) is 20.3 Å². The number of aromatic nitrogens is 2. The number of nitrogens with zero attached hydrogens (tertiary/aromatic N) is 4.